The summed E-state index contributed by atoms with van der Waals surface area (Å²) in [4.78, 5) is 19.7. The highest BCUT2D eigenvalue weighted by atomic mass is 16.2. The summed E-state index contributed by atoms with van der Waals surface area (Å²) in [6, 6.07) is 8.81. The van der Waals surface area contributed by atoms with Crippen LogP contribution in [-0.2, 0) is 17.6 Å². The molecule has 126 valence electrons. The van der Waals surface area contributed by atoms with Crippen LogP contribution in [0.25, 0.3) is 0 Å². The van der Waals surface area contributed by atoms with Gasteiger partial charge >= 0.3 is 0 Å². The lowest BCUT2D eigenvalue weighted by atomic mass is 9.97. The fourth-order valence-corrected chi connectivity index (χ4v) is 4.37. The molecule has 0 bridgehead atoms. The molecule has 0 saturated carbocycles. The molecule has 0 spiro atoms. The van der Waals surface area contributed by atoms with Crippen molar-refractivity contribution in [2.45, 2.75) is 51.0 Å². The molecule has 0 radical (unpaired) electrons. The van der Waals surface area contributed by atoms with Gasteiger partial charge in [0.1, 0.15) is 5.82 Å². The maximum Gasteiger partial charge on any atom is 0.230 e. The third kappa shape index (κ3) is 2.64. The summed E-state index contributed by atoms with van der Waals surface area (Å²) in [5, 5.41) is 0. The molecule has 1 aromatic heterocycles. The zero-order valence-electron chi connectivity index (χ0n) is 14.3. The van der Waals surface area contributed by atoms with E-state index < -0.39 is 0 Å². The third-order valence-electron chi connectivity index (χ3n) is 5.60. The number of imidazole rings is 1. The summed E-state index contributed by atoms with van der Waals surface area (Å²) in [7, 11) is 0. The number of aromatic nitrogens is 2. The number of aryl methyl sites for hydroxylation is 2. The van der Waals surface area contributed by atoms with Gasteiger partial charge in [-0.25, -0.2) is 4.98 Å². The van der Waals surface area contributed by atoms with Gasteiger partial charge in [-0.15, -0.1) is 0 Å². The fourth-order valence-electron chi connectivity index (χ4n) is 4.37. The summed E-state index contributed by atoms with van der Waals surface area (Å²) in [6.07, 6.45) is 9.10. The van der Waals surface area contributed by atoms with Gasteiger partial charge in [-0.05, 0) is 36.8 Å². The van der Waals surface area contributed by atoms with Gasteiger partial charge in [-0.3, -0.25) is 4.79 Å². The second-order valence-electron chi connectivity index (χ2n) is 6.97. The molecule has 1 aromatic carbocycles. The summed E-state index contributed by atoms with van der Waals surface area (Å²) < 4.78 is 2.28. The van der Waals surface area contributed by atoms with Gasteiger partial charge in [-0.2, -0.15) is 0 Å². The average Bonchev–Trinajstić information content (AvgIpc) is 3.28. The minimum atomic E-state index is 0.0633. The smallest absolute Gasteiger partial charge is 0.230 e. The number of nitrogens with zero attached hydrogens (tertiary/aromatic N) is 3. The van der Waals surface area contributed by atoms with E-state index in [4.69, 9.17) is 0 Å². The number of likely N-dealkylation sites (tertiary alicyclic amines) is 1. The Morgan fingerprint density at radius 3 is 3.04 bits per heavy atom. The molecule has 2 aromatic rings. The number of amides is 1. The van der Waals surface area contributed by atoms with Gasteiger partial charge in [0.05, 0.1) is 12.0 Å². The Kier molecular flexibility index (Phi) is 4.13. The van der Waals surface area contributed by atoms with Gasteiger partial charge in [0, 0.05) is 31.9 Å². The number of rotatable bonds is 3. The number of fused-ring (bicyclic) bond motifs is 1. The Morgan fingerprint density at radius 1 is 1.29 bits per heavy atom. The molecule has 0 unspecified atom stereocenters. The lowest BCUT2D eigenvalue weighted by molar-refractivity contribution is -0.134. The highest BCUT2D eigenvalue weighted by Crippen LogP contribution is 2.35. The Balaban J connectivity index is 1.51. The Hall–Kier alpha value is -2.10. The predicted octanol–water partition coefficient (Wildman–Crippen LogP) is 3.34. The van der Waals surface area contributed by atoms with Gasteiger partial charge in [-0.1, -0.05) is 31.2 Å². The second kappa shape index (κ2) is 6.42. The SMILES string of the molecule is CCc1nccn1[C@H]1CCCN(C(=O)[C@H]2CCc3ccccc32)C1. The van der Waals surface area contributed by atoms with Crippen LogP contribution in [0.4, 0.5) is 0 Å². The van der Waals surface area contributed by atoms with E-state index >= 15 is 0 Å². The Morgan fingerprint density at radius 2 is 2.17 bits per heavy atom. The molecule has 1 aliphatic heterocycles. The van der Waals surface area contributed by atoms with E-state index in [1.807, 2.05) is 6.20 Å². The minimum Gasteiger partial charge on any atom is -0.340 e. The number of hydrogen-bond acceptors (Lipinski definition) is 2. The number of carbonyl (C=O) groups excluding carboxylic acids is 1. The largest absolute Gasteiger partial charge is 0.340 e. The summed E-state index contributed by atoms with van der Waals surface area (Å²) >= 11 is 0. The lowest BCUT2D eigenvalue weighted by Gasteiger charge is -2.35. The molecular formula is C20H25N3O. The molecule has 2 atom stereocenters. The van der Waals surface area contributed by atoms with Gasteiger partial charge in [0.25, 0.3) is 0 Å². The van der Waals surface area contributed by atoms with Crippen LogP contribution in [0.15, 0.2) is 36.7 Å². The van der Waals surface area contributed by atoms with Crippen molar-refractivity contribution in [3.8, 4) is 0 Å². The van der Waals surface area contributed by atoms with Crippen molar-refractivity contribution >= 4 is 5.91 Å². The first-order chi connectivity index (χ1) is 11.8. The second-order valence-corrected chi connectivity index (χ2v) is 6.97. The topological polar surface area (TPSA) is 38.1 Å². The molecule has 2 aliphatic rings. The fraction of sp³-hybridized carbons (Fsp3) is 0.500. The molecule has 4 nitrogen and oxygen atoms in total. The van der Waals surface area contributed by atoms with E-state index in [0.717, 1.165) is 51.0 Å². The van der Waals surface area contributed by atoms with Crippen molar-refractivity contribution in [2.24, 2.45) is 0 Å². The van der Waals surface area contributed by atoms with E-state index in [0.29, 0.717) is 11.9 Å². The van der Waals surface area contributed by atoms with Crippen molar-refractivity contribution in [2.75, 3.05) is 13.1 Å². The van der Waals surface area contributed by atoms with Gasteiger partial charge < -0.3 is 9.47 Å². The minimum absolute atomic E-state index is 0.0633. The van der Waals surface area contributed by atoms with Crippen LogP contribution >= 0.6 is 0 Å². The number of benzene rings is 1. The molecule has 1 aliphatic carbocycles. The molecular weight excluding hydrogens is 298 g/mol. The highest BCUT2D eigenvalue weighted by Gasteiger charge is 2.34. The monoisotopic (exact) mass is 323 g/mol. The van der Waals surface area contributed by atoms with Crippen LogP contribution in [0.3, 0.4) is 0 Å². The standard InChI is InChI=1S/C20H25N3O/c1-2-19-21-11-13-23(19)16-7-5-12-22(14-16)20(24)18-10-9-15-6-3-4-8-17(15)18/h3-4,6,8,11,13,16,18H,2,5,7,9-10,12,14H2,1H3/t16-,18-/m0/s1. The first-order valence-corrected chi connectivity index (χ1v) is 9.16. The first-order valence-electron chi connectivity index (χ1n) is 9.16. The van der Waals surface area contributed by atoms with E-state index in [1.165, 1.54) is 11.1 Å². The van der Waals surface area contributed by atoms with Crippen molar-refractivity contribution in [1.82, 2.24) is 14.5 Å². The molecule has 0 N–H and O–H groups in total. The average molecular weight is 323 g/mol. The molecule has 24 heavy (non-hydrogen) atoms. The Labute approximate surface area is 143 Å². The summed E-state index contributed by atoms with van der Waals surface area (Å²) in [5.74, 6) is 1.51. The van der Waals surface area contributed by atoms with Gasteiger partial charge in [0.2, 0.25) is 5.91 Å². The highest BCUT2D eigenvalue weighted by molar-refractivity contribution is 5.85. The van der Waals surface area contributed by atoms with Crippen LogP contribution < -0.4 is 0 Å². The molecule has 1 fully saturated rings. The Bertz CT molecular complexity index is 736. The van der Waals surface area contributed by atoms with Crippen molar-refractivity contribution in [3.63, 3.8) is 0 Å². The predicted molar refractivity (Wildman–Crippen MR) is 94.0 cm³/mol. The quantitative estimate of drug-likeness (QED) is 0.869. The van der Waals surface area contributed by atoms with Crippen molar-refractivity contribution in [3.05, 3.63) is 53.6 Å². The maximum atomic E-state index is 13.1. The van der Waals surface area contributed by atoms with E-state index in [-0.39, 0.29) is 5.92 Å². The summed E-state index contributed by atoms with van der Waals surface area (Å²) in [5.41, 5.74) is 2.61. The van der Waals surface area contributed by atoms with Crippen LogP contribution in [-0.4, -0.2) is 33.4 Å². The lowest BCUT2D eigenvalue weighted by Crippen LogP contribution is -2.42. The van der Waals surface area contributed by atoms with Crippen molar-refractivity contribution in [1.29, 1.82) is 0 Å². The van der Waals surface area contributed by atoms with Crippen molar-refractivity contribution < 1.29 is 4.79 Å². The van der Waals surface area contributed by atoms with E-state index in [2.05, 4.69) is 51.8 Å². The number of carbonyl (C=O) groups is 1. The molecule has 4 heteroatoms. The normalized spacial score (nSPS) is 23.3. The van der Waals surface area contributed by atoms with E-state index in [9.17, 15) is 4.79 Å². The zero-order chi connectivity index (χ0) is 16.5. The molecule has 4 rings (SSSR count). The summed E-state index contributed by atoms with van der Waals surface area (Å²) in [6.45, 7) is 3.85. The molecule has 1 saturated heterocycles. The number of hydrogen-bond donors (Lipinski definition) is 0. The maximum absolute atomic E-state index is 13.1. The molecule has 1 amide bonds. The van der Waals surface area contributed by atoms with Crippen LogP contribution in [0, 0.1) is 0 Å². The van der Waals surface area contributed by atoms with E-state index in [1.54, 1.807) is 0 Å². The van der Waals surface area contributed by atoms with Crippen LogP contribution in [0.1, 0.15) is 55.1 Å². The van der Waals surface area contributed by atoms with Gasteiger partial charge in [0.15, 0.2) is 0 Å². The third-order valence-corrected chi connectivity index (χ3v) is 5.60. The number of piperidine rings is 1. The van der Waals surface area contributed by atoms with Crippen LogP contribution in [0.5, 0.6) is 0 Å². The first kappa shape index (κ1) is 15.4. The zero-order valence-corrected chi connectivity index (χ0v) is 14.3. The van der Waals surface area contributed by atoms with Crippen LogP contribution in [0.2, 0.25) is 0 Å². The molecule has 2 heterocycles.